The molecule has 0 spiro atoms. The zero-order chi connectivity index (χ0) is 14.7. The van der Waals surface area contributed by atoms with Crippen LogP contribution in [0.25, 0.3) is 0 Å². The van der Waals surface area contributed by atoms with Crippen LogP contribution in [0, 0.1) is 0 Å². The highest BCUT2D eigenvalue weighted by Gasteiger charge is 2.27. The van der Waals surface area contributed by atoms with E-state index >= 15 is 0 Å². The molecule has 108 valence electrons. The summed E-state index contributed by atoms with van der Waals surface area (Å²) in [5, 5.41) is 6.09. The first-order valence-electron chi connectivity index (χ1n) is 6.65. The number of nitrogens with two attached hydrogens (primary N) is 1. The van der Waals surface area contributed by atoms with Crippen LogP contribution in [0.1, 0.15) is 52.2 Å². The van der Waals surface area contributed by atoms with Gasteiger partial charge in [-0.3, -0.25) is 9.59 Å². The number of primary amides is 1. The molecule has 4 N–H and O–H groups in total. The van der Waals surface area contributed by atoms with Gasteiger partial charge in [-0.25, -0.2) is 9.97 Å². The largest absolute Gasteiger partial charge is 0.365 e. The predicted molar refractivity (Wildman–Crippen MR) is 74.9 cm³/mol. The Kier molecular flexibility index (Phi) is 4.29. The number of hydrogen-bond donors (Lipinski definition) is 3. The van der Waals surface area contributed by atoms with Crippen molar-refractivity contribution in [2.75, 3.05) is 25.5 Å². The van der Waals surface area contributed by atoms with Crippen molar-refractivity contribution < 1.29 is 9.59 Å². The lowest BCUT2D eigenvalue weighted by atomic mass is 9.91. The number of anilines is 1. The number of carbonyl (C=O) groups is 2. The monoisotopic (exact) mass is 277 g/mol. The summed E-state index contributed by atoms with van der Waals surface area (Å²) < 4.78 is 0. The quantitative estimate of drug-likeness (QED) is 0.682. The molecule has 7 heteroatoms. The standard InChI is InChI=1S/C13H19N5O2/c1-7(19)10-9(12(14)20)11(18-13(15-2)17-10)8-4-3-5-16-6-8/h8,16H,3-6H2,1-2H3,(H2,14,20)(H,15,17,18). The van der Waals surface area contributed by atoms with Gasteiger partial charge in [-0.1, -0.05) is 0 Å². The zero-order valence-corrected chi connectivity index (χ0v) is 11.7. The van der Waals surface area contributed by atoms with E-state index in [1.807, 2.05) is 0 Å². The summed E-state index contributed by atoms with van der Waals surface area (Å²) >= 11 is 0. The molecule has 1 aromatic heterocycles. The normalized spacial score (nSPS) is 18.6. The Labute approximate surface area is 117 Å². The van der Waals surface area contributed by atoms with Gasteiger partial charge in [-0.05, 0) is 19.4 Å². The minimum absolute atomic E-state index is 0.0689. The van der Waals surface area contributed by atoms with Crippen molar-refractivity contribution in [2.24, 2.45) is 5.73 Å². The fraction of sp³-hybridized carbons (Fsp3) is 0.538. The fourth-order valence-corrected chi connectivity index (χ4v) is 2.47. The Morgan fingerprint density at radius 1 is 1.40 bits per heavy atom. The second-order valence-corrected chi connectivity index (χ2v) is 4.87. The van der Waals surface area contributed by atoms with Gasteiger partial charge in [0.2, 0.25) is 5.95 Å². The number of amides is 1. The van der Waals surface area contributed by atoms with Gasteiger partial charge in [0, 0.05) is 26.4 Å². The Morgan fingerprint density at radius 3 is 2.65 bits per heavy atom. The van der Waals surface area contributed by atoms with Crippen LogP contribution >= 0.6 is 0 Å². The third kappa shape index (κ3) is 2.77. The number of piperidine rings is 1. The summed E-state index contributed by atoms with van der Waals surface area (Å²) in [6.07, 6.45) is 1.90. The van der Waals surface area contributed by atoms with Crippen molar-refractivity contribution in [1.29, 1.82) is 0 Å². The Morgan fingerprint density at radius 2 is 2.15 bits per heavy atom. The molecule has 1 fully saturated rings. The summed E-state index contributed by atoms with van der Waals surface area (Å²) in [6.45, 7) is 3.04. The van der Waals surface area contributed by atoms with E-state index < -0.39 is 5.91 Å². The molecule has 0 radical (unpaired) electrons. The van der Waals surface area contributed by atoms with Crippen LogP contribution in [0.5, 0.6) is 0 Å². The Balaban J connectivity index is 2.59. The highest BCUT2D eigenvalue weighted by molar-refractivity contribution is 6.06. The summed E-state index contributed by atoms with van der Waals surface area (Å²) in [4.78, 5) is 31.9. The number of ketones is 1. The summed E-state index contributed by atoms with van der Waals surface area (Å²) in [5.74, 6) is -0.540. The second-order valence-electron chi connectivity index (χ2n) is 4.87. The van der Waals surface area contributed by atoms with Crippen molar-refractivity contribution in [1.82, 2.24) is 15.3 Å². The molecule has 1 aliphatic rings. The molecule has 20 heavy (non-hydrogen) atoms. The van der Waals surface area contributed by atoms with Crippen LogP contribution in [-0.4, -0.2) is 41.8 Å². The van der Waals surface area contributed by atoms with Gasteiger partial charge in [0.15, 0.2) is 5.78 Å². The third-order valence-corrected chi connectivity index (χ3v) is 3.42. The molecule has 1 aromatic rings. The lowest BCUT2D eigenvalue weighted by Crippen LogP contribution is -2.32. The Hall–Kier alpha value is -2.02. The van der Waals surface area contributed by atoms with Gasteiger partial charge in [0.25, 0.3) is 5.91 Å². The van der Waals surface area contributed by atoms with Crippen LogP contribution in [0.3, 0.4) is 0 Å². The maximum atomic E-state index is 11.7. The molecule has 0 bridgehead atoms. The topological polar surface area (TPSA) is 110 Å². The molecule has 2 heterocycles. The molecule has 1 unspecified atom stereocenters. The first-order chi connectivity index (χ1) is 9.54. The average Bonchev–Trinajstić information content (AvgIpc) is 2.46. The minimum Gasteiger partial charge on any atom is -0.365 e. The van der Waals surface area contributed by atoms with Crippen molar-refractivity contribution in [3.05, 3.63) is 17.0 Å². The zero-order valence-electron chi connectivity index (χ0n) is 11.7. The first kappa shape index (κ1) is 14.4. The molecule has 7 nitrogen and oxygen atoms in total. The molecule has 0 aromatic carbocycles. The number of nitrogens with one attached hydrogen (secondary N) is 2. The molecule has 0 saturated carbocycles. The van der Waals surface area contributed by atoms with E-state index in [0.717, 1.165) is 25.9 Å². The van der Waals surface area contributed by atoms with Crippen LogP contribution in [0.4, 0.5) is 5.95 Å². The predicted octanol–water partition coefficient (Wildman–Crippen LogP) is 0.287. The lowest BCUT2D eigenvalue weighted by molar-refractivity contribution is 0.0968. The maximum Gasteiger partial charge on any atom is 0.252 e. The van der Waals surface area contributed by atoms with Gasteiger partial charge in [0.05, 0.1) is 11.3 Å². The van der Waals surface area contributed by atoms with E-state index in [1.54, 1.807) is 7.05 Å². The molecule has 1 aliphatic heterocycles. The molecule has 1 saturated heterocycles. The highest BCUT2D eigenvalue weighted by Crippen LogP contribution is 2.27. The van der Waals surface area contributed by atoms with Gasteiger partial charge >= 0.3 is 0 Å². The van der Waals surface area contributed by atoms with E-state index in [-0.39, 0.29) is 23.0 Å². The minimum atomic E-state index is -0.654. The summed E-state index contributed by atoms with van der Waals surface area (Å²) in [5.41, 5.74) is 6.26. The van der Waals surface area contributed by atoms with E-state index in [0.29, 0.717) is 11.6 Å². The van der Waals surface area contributed by atoms with Crippen LogP contribution in [0.2, 0.25) is 0 Å². The summed E-state index contributed by atoms with van der Waals surface area (Å²) in [7, 11) is 1.67. The lowest BCUT2D eigenvalue weighted by Gasteiger charge is -2.24. The molecule has 1 amide bonds. The van der Waals surface area contributed by atoms with Crippen molar-refractivity contribution in [3.63, 3.8) is 0 Å². The second kappa shape index (κ2) is 5.96. The number of aromatic nitrogens is 2. The number of nitrogens with zero attached hydrogens (tertiary/aromatic N) is 2. The van der Waals surface area contributed by atoms with Crippen LogP contribution < -0.4 is 16.4 Å². The molecule has 0 aliphatic carbocycles. The number of rotatable bonds is 4. The fourth-order valence-electron chi connectivity index (χ4n) is 2.47. The van der Waals surface area contributed by atoms with Gasteiger partial charge < -0.3 is 16.4 Å². The van der Waals surface area contributed by atoms with E-state index in [2.05, 4.69) is 20.6 Å². The number of carbonyl (C=O) groups excluding carboxylic acids is 2. The Bertz CT molecular complexity index is 538. The van der Waals surface area contributed by atoms with E-state index in [1.165, 1.54) is 6.92 Å². The van der Waals surface area contributed by atoms with Crippen molar-refractivity contribution in [2.45, 2.75) is 25.7 Å². The van der Waals surface area contributed by atoms with Crippen molar-refractivity contribution in [3.8, 4) is 0 Å². The third-order valence-electron chi connectivity index (χ3n) is 3.42. The molecular formula is C13H19N5O2. The average molecular weight is 277 g/mol. The van der Waals surface area contributed by atoms with Gasteiger partial charge in [0.1, 0.15) is 5.69 Å². The highest BCUT2D eigenvalue weighted by atomic mass is 16.1. The van der Waals surface area contributed by atoms with Crippen LogP contribution in [0.15, 0.2) is 0 Å². The van der Waals surface area contributed by atoms with Crippen molar-refractivity contribution >= 4 is 17.6 Å². The SMILES string of the molecule is CNc1nc(C(C)=O)c(C(N)=O)c(C2CCCNC2)n1. The van der Waals surface area contributed by atoms with Crippen LogP contribution in [-0.2, 0) is 0 Å². The molecule has 2 rings (SSSR count). The van der Waals surface area contributed by atoms with Gasteiger partial charge in [-0.2, -0.15) is 0 Å². The number of hydrogen-bond acceptors (Lipinski definition) is 6. The molecular weight excluding hydrogens is 258 g/mol. The van der Waals surface area contributed by atoms with E-state index in [9.17, 15) is 9.59 Å². The summed E-state index contributed by atoms with van der Waals surface area (Å²) in [6, 6.07) is 0. The van der Waals surface area contributed by atoms with E-state index in [4.69, 9.17) is 5.73 Å². The molecule has 1 atom stereocenters. The smallest absolute Gasteiger partial charge is 0.252 e. The van der Waals surface area contributed by atoms with Gasteiger partial charge in [-0.15, -0.1) is 0 Å². The number of Topliss-reactive ketones (excluding diaryl/α,β-unsaturated/α-hetero) is 1. The maximum absolute atomic E-state index is 11.7. The first-order valence-corrected chi connectivity index (χ1v) is 6.65.